The van der Waals surface area contributed by atoms with Crippen LogP contribution in [0.25, 0.3) is 5.65 Å². The maximum absolute atomic E-state index is 11.8. The highest BCUT2D eigenvalue weighted by molar-refractivity contribution is 5.90. The van der Waals surface area contributed by atoms with E-state index in [1.807, 2.05) is 36.4 Å². The largest absolute Gasteiger partial charge is 0.461 e. The van der Waals surface area contributed by atoms with Crippen LogP contribution in [0.4, 0.5) is 0 Å². The molecule has 0 aliphatic rings. The molecule has 0 bridgehead atoms. The molecular weight excluding hydrogens is 204 g/mol. The van der Waals surface area contributed by atoms with Crippen LogP contribution in [0.5, 0.6) is 0 Å². The van der Waals surface area contributed by atoms with Crippen LogP contribution in [0.2, 0.25) is 0 Å². The molecule has 4 nitrogen and oxygen atoms in total. The molecule has 0 radical (unpaired) electrons. The highest BCUT2D eigenvalue weighted by Gasteiger charge is 2.18. The van der Waals surface area contributed by atoms with Crippen molar-refractivity contribution in [3.05, 3.63) is 35.3 Å². The SMILES string of the molecule is CCOC(=O)c1c(C)nc2cccc(C)n12. The number of aryl methyl sites for hydroxylation is 2. The molecule has 2 rings (SSSR count). The molecule has 0 spiro atoms. The number of fused-ring (bicyclic) bond motifs is 1. The minimum atomic E-state index is -0.318. The minimum Gasteiger partial charge on any atom is -0.461 e. The Hall–Kier alpha value is -1.84. The number of hydrogen-bond donors (Lipinski definition) is 0. The number of aromatic nitrogens is 2. The summed E-state index contributed by atoms with van der Waals surface area (Å²) in [4.78, 5) is 16.1. The topological polar surface area (TPSA) is 43.6 Å². The van der Waals surface area contributed by atoms with Crippen molar-refractivity contribution in [2.75, 3.05) is 6.61 Å². The van der Waals surface area contributed by atoms with Crippen LogP contribution in [0.1, 0.15) is 28.8 Å². The molecule has 16 heavy (non-hydrogen) atoms. The normalized spacial score (nSPS) is 10.7. The van der Waals surface area contributed by atoms with Crippen LogP contribution in [0, 0.1) is 13.8 Å². The zero-order valence-electron chi connectivity index (χ0n) is 9.65. The maximum Gasteiger partial charge on any atom is 0.357 e. The number of rotatable bonds is 2. The number of carbonyl (C=O) groups excluding carboxylic acids is 1. The summed E-state index contributed by atoms with van der Waals surface area (Å²) in [5.41, 5.74) is 2.98. The lowest BCUT2D eigenvalue weighted by Crippen LogP contribution is -2.10. The molecule has 0 amide bonds. The number of imidazole rings is 1. The van der Waals surface area contributed by atoms with Gasteiger partial charge in [0.25, 0.3) is 0 Å². The van der Waals surface area contributed by atoms with Crippen molar-refractivity contribution in [3.63, 3.8) is 0 Å². The lowest BCUT2D eigenvalue weighted by atomic mass is 10.3. The first kappa shape index (κ1) is 10.7. The van der Waals surface area contributed by atoms with Crippen LogP contribution in [0.3, 0.4) is 0 Å². The summed E-state index contributed by atoms with van der Waals surface area (Å²) in [7, 11) is 0. The maximum atomic E-state index is 11.8. The Bertz CT molecular complexity index is 543. The molecule has 0 fully saturated rings. The zero-order chi connectivity index (χ0) is 11.7. The van der Waals surface area contributed by atoms with E-state index in [9.17, 15) is 4.79 Å². The van der Waals surface area contributed by atoms with E-state index in [1.165, 1.54) is 0 Å². The van der Waals surface area contributed by atoms with Crippen molar-refractivity contribution in [1.29, 1.82) is 0 Å². The Morgan fingerprint density at radius 2 is 2.19 bits per heavy atom. The second kappa shape index (κ2) is 3.96. The summed E-state index contributed by atoms with van der Waals surface area (Å²) in [6.45, 7) is 5.93. The highest BCUT2D eigenvalue weighted by Crippen LogP contribution is 2.15. The fourth-order valence-electron chi connectivity index (χ4n) is 1.81. The van der Waals surface area contributed by atoms with Gasteiger partial charge < -0.3 is 4.74 Å². The zero-order valence-corrected chi connectivity index (χ0v) is 9.65. The number of carbonyl (C=O) groups is 1. The average molecular weight is 218 g/mol. The van der Waals surface area contributed by atoms with Gasteiger partial charge in [0.05, 0.1) is 12.3 Å². The van der Waals surface area contributed by atoms with Gasteiger partial charge in [-0.1, -0.05) is 6.07 Å². The molecule has 2 heterocycles. The summed E-state index contributed by atoms with van der Waals surface area (Å²) in [6.07, 6.45) is 0. The fraction of sp³-hybridized carbons (Fsp3) is 0.333. The van der Waals surface area contributed by atoms with Crippen molar-refractivity contribution < 1.29 is 9.53 Å². The lowest BCUT2D eigenvalue weighted by Gasteiger charge is -2.05. The molecule has 84 valence electrons. The van der Waals surface area contributed by atoms with Crippen molar-refractivity contribution in [1.82, 2.24) is 9.38 Å². The number of ether oxygens (including phenoxy) is 1. The van der Waals surface area contributed by atoms with E-state index < -0.39 is 0 Å². The van der Waals surface area contributed by atoms with Gasteiger partial charge in [0.2, 0.25) is 0 Å². The van der Waals surface area contributed by atoms with Gasteiger partial charge in [0.15, 0.2) is 5.69 Å². The standard InChI is InChI=1S/C12H14N2O2/c1-4-16-12(15)11-9(3)13-10-7-5-6-8(2)14(10)11/h5-7H,4H2,1-3H3. The summed E-state index contributed by atoms with van der Waals surface area (Å²) in [6, 6.07) is 5.74. The third-order valence-corrected chi connectivity index (χ3v) is 2.48. The Morgan fingerprint density at radius 3 is 2.88 bits per heavy atom. The van der Waals surface area contributed by atoms with Gasteiger partial charge in [-0.2, -0.15) is 0 Å². The van der Waals surface area contributed by atoms with Crippen molar-refractivity contribution in [2.45, 2.75) is 20.8 Å². The van der Waals surface area contributed by atoms with Crippen molar-refractivity contribution >= 4 is 11.6 Å². The quantitative estimate of drug-likeness (QED) is 0.725. The minimum absolute atomic E-state index is 0.318. The summed E-state index contributed by atoms with van der Waals surface area (Å²) >= 11 is 0. The molecule has 0 saturated heterocycles. The highest BCUT2D eigenvalue weighted by atomic mass is 16.5. The second-order valence-electron chi connectivity index (χ2n) is 3.63. The second-order valence-corrected chi connectivity index (χ2v) is 3.63. The summed E-state index contributed by atoms with van der Waals surface area (Å²) in [5, 5.41) is 0. The molecule has 0 aromatic carbocycles. The van der Waals surface area contributed by atoms with Gasteiger partial charge in [-0.05, 0) is 32.9 Å². The van der Waals surface area contributed by atoms with Gasteiger partial charge in [-0.15, -0.1) is 0 Å². The Labute approximate surface area is 93.9 Å². The van der Waals surface area contributed by atoms with E-state index in [1.54, 1.807) is 6.92 Å². The van der Waals surface area contributed by atoms with Gasteiger partial charge in [0, 0.05) is 5.69 Å². The Kier molecular flexibility index (Phi) is 2.64. The van der Waals surface area contributed by atoms with Crippen molar-refractivity contribution in [3.8, 4) is 0 Å². The Balaban J connectivity index is 2.68. The van der Waals surface area contributed by atoms with Crippen molar-refractivity contribution in [2.24, 2.45) is 0 Å². The van der Waals surface area contributed by atoms with Crippen LogP contribution >= 0.6 is 0 Å². The van der Waals surface area contributed by atoms with Crippen LogP contribution in [-0.2, 0) is 4.74 Å². The predicted octanol–water partition coefficient (Wildman–Crippen LogP) is 2.13. The molecule has 0 N–H and O–H groups in total. The molecule has 0 atom stereocenters. The molecule has 0 unspecified atom stereocenters. The van der Waals surface area contributed by atoms with E-state index in [2.05, 4.69) is 4.98 Å². The molecule has 0 aliphatic carbocycles. The molecule has 0 aliphatic heterocycles. The predicted molar refractivity (Wildman–Crippen MR) is 60.6 cm³/mol. The fourth-order valence-corrected chi connectivity index (χ4v) is 1.81. The first-order chi connectivity index (χ1) is 7.65. The number of esters is 1. The van der Waals surface area contributed by atoms with E-state index in [4.69, 9.17) is 4.74 Å². The molecule has 4 heteroatoms. The number of nitrogens with zero attached hydrogens (tertiary/aromatic N) is 2. The number of pyridine rings is 1. The monoisotopic (exact) mass is 218 g/mol. The smallest absolute Gasteiger partial charge is 0.357 e. The summed E-state index contributed by atoms with van der Waals surface area (Å²) in [5.74, 6) is -0.318. The van der Waals surface area contributed by atoms with Crippen LogP contribution in [-0.4, -0.2) is 22.0 Å². The average Bonchev–Trinajstić information content (AvgIpc) is 2.56. The van der Waals surface area contributed by atoms with E-state index >= 15 is 0 Å². The third kappa shape index (κ3) is 1.56. The van der Waals surface area contributed by atoms with Gasteiger partial charge in [-0.25, -0.2) is 9.78 Å². The van der Waals surface area contributed by atoms with Crippen LogP contribution < -0.4 is 0 Å². The molecular formula is C12H14N2O2. The Morgan fingerprint density at radius 1 is 1.44 bits per heavy atom. The molecule has 2 aromatic rings. The number of hydrogen-bond acceptors (Lipinski definition) is 3. The molecule has 2 aromatic heterocycles. The lowest BCUT2D eigenvalue weighted by molar-refractivity contribution is 0.0517. The van der Waals surface area contributed by atoms with Gasteiger partial charge in [0.1, 0.15) is 5.65 Å². The summed E-state index contributed by atoms with van der Waals surface area (Å²) < 4.78 is 6.86. The molecule has 0 saturated carbocycles. The third-order valence-electron chi connectivity index (χ3n) is 2.48. The van der Waals surface area contributed by atoms with Gasteiger partial charge in [-0.3, -0.25) is 4.40 Å². The first-order valence-corrected chi connectivity index (χ1v) is 5.27. The van der Waals surface area contributed by atoms with E-state index in [0.29, 0.717) is 18.0 Å². The van der Waals surface area contributed by atoms with Crippen LogP contribution in [0.15, 0.2) is 18.2 Å². The van der Waals surface area contributed by atoms with E-state index in [-0.39, 0.29) is 5.97 Å². The first-order valence-electron chi connectivity index (χ1n) is 5.27. The van der Waals surface area contributed by atoms with E-state index in [0.717, 1.165) is 11.3 Å². The van der Waals surface area contributed by atoms with Gasteiger partial charge >= 0.3 is 5.97 Å².